The highest BCUT2D eigenvalue weighted by Crippen LogP contribution is 2.41. The number of benzene rings is 1. The first kappa shape index (κ1) is 18.5. The van der Waals surface area contributed by atoms with Crippen molar-refractivity contribution in [3.05, 3.63) is 29.3 Å². The molecule has 0 radical (unpaired) electrons. The predicted molar refractivity (Wildman–Crippen MR) is 93.0 cm³/mol. The first-order valence-electron chi connectivity index (χ1n) is 8.83. The van der Waals surface area contributed by atoms with Crippen LogP contribution in [0.5, 0.6) is 5.75 Å². The minimum absolute atomic E-state index is 0.129. The molecule has 4 heteroatoms. The summed E-state index contributed by atoms with van der Waals surface area (Å²) in [7, 11) is 0. The molecule has 0 aromatic heterocycles. The summed E-state index contributed by atoms with van der Waals surface area (Å²) in [6.45, 7) is 4.29. The Morgan fingerprint density at radius 3 is 2.62 bits per heavy atom. The number of aryl methyl sites for hydroxylation is 1. The van der Waals surface area contributed by atoms with Gasteiger partial charge in [-0.1, -0.05) is 25.3 Å². The molecule has 0 atom stereocenters. The van der Waals surface area contributed by atoms with Gasteiger partial charge in [-0.15, -0.1) is 0 Å². The van der Waals surface area contributed by atoms with Gasteiger partial charge >= 0.3 is 5.97 Å². The van der Waals surface area contributed by atoms with Crippen molar-refractivity contribution in [3.8, 4) is 5.75 Å². The van der Waals surface area contributed by atoms with Gasteiger partial charge in [0, 0.05) is 13.3 Å². The van der Waals surface area contributed by atoms with Gasteiger partial charge in [-0.2, -0.15) is 0 Å². The van der Waals surface area contributed by atoms with E-state index in [1.54, 1.807) is 0 Å². The summed E-state index contributed by atoms with van der Waals surface area (Å²) < 4.78 is 11.0. The number of hydrogen-bond acceptors (Lipinski definition) is 4. The number of esters is 1. The molecule has 24 heavy (non-hydrogen) atoms. The standard InChI is InChI=1S/C20H28O4/c1-16-12-18(15-24-17(2)22)14-19(13-16)23-11-9-20(8-10-21)6-4-3-5-7-20/h10,12-14H,3-9,11,15H2,1-2H3. The van der Waals surface area contributed by atoms with E-state index < -0.39 is 0 Å². The third-order valence-electron chi connectivity index (χ3n) is 4.88. The van der Waals surface area contributed by atoms with E-state index in [-0.39, 0.29) is 18.0 Å². The van der Waals surface area contributed by atoms with Crippen LogP contribution < -0.4 is 4.74 Å². The number of aldehydes is 1. The monoisotopic (exact) mass is 332 g/mol. The van der Waals surface area contributed by atoms with Crippen molar-refractivity contribution in [2.24, 2.45) is 5.41 Å². The quantitative estimate of drug-likeness (QED) is 0.524. The lowest BCUT2D eigenvalue weighted by Crippen LogP contribution is -2.27. The van der Waals surface area contributed by atoms with Gasteiger partial charge in [-0.25, -0.2) is 0 Å². The highest BCUT2D eigenvalue weighted by Gasteiger charge is 2.31. The number of rotatable bonds is 8. The van der Waals surface area contributed by atoms with Crippen molar-refractivity contribution >= 4 is 12.3 Å². The normalized spacial score (nSPS) is 16.4. The summed E-state index contributed by atoms with van der Waals surface area (Å²) in [6, 6.07) is 5.90. The highest BCUT2D eigenvalue weighted by atomic mass is 16.5. The Bertz CT molecular complexity index is 559. The molecule has 1 aliphatic carbocycles. The van der Waals surface area contributed by atoms with Crippen LogP contribution >= 0.6 is 0 Å². The highest BCUT2D eigenvalue weighted by molar-refractivity contribution is 5.65. The van der Waals surface area contributed by atoms with Gasteiger partial charge in [0.15, 0.2) is 0 Å². The summed E-state index contributed by atoms with van der Waals surface area (Å²) in [6.07, 6.45) is 8.58. The number of carbonyl (C=O) groups is 2. The Balaban J connectivity index is 1.92. The van der Waals surface area contributed by atoms with E-state index in [4.69, 9.17) is 9.47 Å². The molecule has 1 aliphatic rings. The van der Waals surface area contributed by atoms with E-state index in [9.17, 15) is 9.59 Å². The molecule has 0 saturated heterocycles. The average Bonchev–Trinajstić information content (AvgIpc) is 2.54. The number of hydrogen-bond donors (Lipinski definition) is 0. The van der Waals surface area contributed by atoms with Crippen LogP contribution in [0.2, 0.25) is 0 Å². The van der Waals surface area contributed by atoms with Crippen LogP contribution in [0.15, 0.2) is 18.2 Å². The smallest absolute Gasteiger partial charge is 0.302 e. The van der Waals surface area contributed by atoms with E-state index in [2.05, 4.69) is 0 Å². The minimum atomic E-state index is -0.285. The Kier molecular flexibility index (Phi) is 6.83. The van der Waals surface area contributed by atoms with E-state index in [0.717, 1.165) is 42.4 Å². The molecular weight excluding hydrogens is 304 g/mol. The van der Waals surface area contributed by atoms with Gasteiger partial charge in [0.25, 0.3) is 0 Å². The van der Waals surface area contributed by atoms with Gasteiger partial charge in [0.2, 0.25) is 0 Å². The molecule has 0 unspecified atom stereocenters. The Morgan fingerprint density at radius 1 is 1.21 bits per heavy atom. The molecule has 0 bridgehead atoms. The van der Waals surface area contributed by atoms with Crippen LogP contribution in [0.1, 0.15) is 63.0 Å². The van der Waals surface area contributed by atoms with Crippen molar-refractivity contribution in [1.29, 1.82) is 0 Å². The zero-order valence-corrected chi connectivity index (χ0v) is 14.8. The number of carbonyl (C=O) groups excluding carboxylic acids is 2. The molecule has 4 nitrogen and oxygen atoms in total. The molecule has 0 spiro atoms. The Morgan fingerprint density at radius 2 is 1.96 bits per heavy atom. The topological polar surface area (TPSA) is 52.6 Å². The molecule has 1 aromatic carbocycles. The largest absolute Gasteiger partial charge is 0.494 e. The van der Waals surface area contributed by atoms with Crippen LogP contribution in [0.4, 0.5) is 0 Å². The first-order valence-corrected chi connectivity index (χ1v) is 8.83. The summed E-state index contributed by atoms with van der Waals surface area (Å²) in [5.41, 5.74) is 2.14. The van der Waals surface area contributed by atoms with Gasteiger partial charge in [0.1, 0.15) is 18.6 Å². The summed E-state index contributed by atoms with van der Waals surface area (Å²) >= 11 is 0. The molecule has 132 valence electrons. The van der Waals surface area contributed by atoms with Crippen molar-refractivity contribution < 1.29 is 19.1 Å². The van der Waals surface area contributed by atoms with E-state index >= 15 is 0 Å². The molecule has 0 aliphatic heterocycles. The zero-order valence-electron chi connectivity index (χ0n) is 14.8. The summed E-state index contributed by atoms with van der Waals surface area (Å²) in [5.74, 6) is 0.515. The van der Waals surface area contributed by atoms with Crippen LogP contribution in [0.3, 0.4) is 0 Å². The lowest BCUT2D eigenvalue weighted by Gasteiger charge is -2.35. The zero-order chi connectivity index (χ0) is 17.4. The molecule has 1 fully saturated rings. The second kappa shape index (κ2) is 8.86. The molecular formula is C20H28O4. The minimum Gasteiger partial charge on any atom is -0.494 e. The SMILES string of the molecule is CC(=O)OCc1cc(C)cc(OCCC2(CC=O)CCCCC2)c1. The third-order valence-corrected chi connectivity index (χ3v) is 4.88. The van der Waals surface area contributed by atoms with Crippen molar-refractivity contribution in [1.82, 2.24) is 0 Å². The van der Waals surface area contributed by atoms with Gasteiger partial charge in [-0.3, -0.25) is 4.79 Å². The fourth-order valence-corrected chi connectivity index (χ4v) is 3.60. The average molecular weight is 332 g/mol. The fourth-order valence-electron chi connectivity index (χ4n) is 3.60. The molecule has 1 saturated carbocycles. The second-order valence-corrected chi connectivity index (χ2v) is 6.96. The van der Waals surface area contributed by atoms with Crippen molar-refractivity contribution in [2.45, 2.75) is 65.4 Å². The van der Waals surface area contributed by atoms with E-state index in [0.29, 0.717) is 13.0 Å². The number of ether oxygens (including phenoxy) is 2. The van der Waals surface area contributed by atoms with Crippen LogP contribution in [-0.4, -0.2) is 18.9 Å². The summed E-state index contributed by atoms with van der Waals surface area (Å²) in [4.78, 5) is 22.0. The van der Waals surface area contributed by atoms with Crippen LogP contribution in [-0.2, 0) is 20.9 Å². The van der Waals surface area contributed by atoms with Crippen LogP contribution in [0.25, 0.3) is 0 Å². The van der Waals surface area contributed by atoms with Gasteiger partial charge < -0.3 is 14.3 Å². The van der Waals surface area contributed by atoms with E-state index in [1.165, 1.54) is 26.2 Å². The molecule has 0 amide bonds. The van der Waals surface area contributed by atoms with E-state index in [1.807, 2.05) is 25.1 Å². The maximum atomic E-state index is 11.0. The molecule has 0 heterocycles. The summed E-state index contributed by atoms with van der Waals surface area (Å²) in [5, 5.41) is 0. The van der Waals surface area contributed by atoms with Gasteiger partial charge in [0.05, 0.1) is 6.61 Å². The molecule has 2 rings (SSSR count). The maximum Gasteiger partial charge on any atom is 0.302 e. The van der Waals surface area contributed by atoms with Crippen molar-refractivity contribution in [3.63, 3.8) is 0 Å². The predicted octanol–water partition coefficient (Wildman–Crippen LogP) is 4.37. The van der Waals surface area contributed by atoms with Crippen molar-refractivity contribution in [2.75, 3.05) is 6.61 Å². The molecule has 0 N–H and O–H groups in total. The maximum absolute atomic E-state index is 11.0. The van der Waals surface area contributed by atoms with Crippen LogP contribution in [0, 0.1) is 12.3 Å². The lowest BCUT2D eigenvalue weighted by molar-refractivity contribution is -0.142. The molecule has 1 aromatic rings. The third kappa shape index (κ3) is 5.66. The first-order chi connectivity index (χ1) is 11.5. The Labute approximate surface area is 144 Å². The lowest BCUT2D eigenvalue weighted by atomic mass is 9.70. The fraction of sp³-hybridized carbons (Fsp3) is 0.600. The van der Waals surface area contributed by atoms with Gasteiger partial charge in [-0.05, 0) is 54.9 Å². The second-order valence-electron chi connectivity index (χ2n) is 6.96. The Hall–Kier alpha value is -1.84.